The van der Waals surface area contributed by atoms with E-state index in [2.05, 4.69) is 5.32 Å². The van der Waals surface area contributed by atoms with Crippen LogP contribution in [0.5, 0.6) is 0 Å². The molecular formula is C23H23N3O5S. The Morgan fingerprint density at radius 1 is 1.00 bits per heavy atom. The van der Waals surface area contributed by atoms with Gasteiger partial charge in [-0.15, -0.1) is 0 Å². The van der Waals surface area contributed by atoms with Crippen LogP contribution in [0.3, 0.4) is 0 Å². The third-order valence-electron chi connectivity index (χ3n) is 4.92. The first kappa shape index (κ1) is 23.0. The van der Waals surface area contributed by atoms with Crippen molar-refractivity contribution in [1.29, 1.82) is 0 Å². The number of nitrogens with one attached hydrogen (secondary N) is 1. The first-order chi connectivity index (χ1) is 15.2. The molecule has 0 bridgehead atoms. The number of nitro benzene ring substituents is 1. The number of non-ortho nitro benzene ring substituents is 1. The van der Waals surface area contributed by atoms with Gasteiger partial charge in [-0.05, 0) is 43.7 Å². The maximum atomic E-state index is 13.3. The van der Waals surface area contributed by atoms with Crippen molar-refractivity contribution < 1.29 is 18.1 Å². The van der Waals surface area contributed by atoms with Crippen LogP contribution in [0.1, 0.15) is 24.1 Å². The summed E-state index contributed by atoms with van der Waals surface area (Å²) in [6, 6.07) is 20.1. The number of aryl methyl sites for hydroxylation is 1. The van der Waals surface area contributed by atoms with Gasteiger partial charge in [0, 0.05) is 12.1 Å². The third kappa shape index (κ3) is 5.30. The molecule has 3 aromatic rings. The van der Waals surface area contributed by atoms with E-state index in [4.69, 9.17) is 0 Å². The first-order valence-electron chi connectivity index (χ1n) is 9.86. The van der Waals surface area contributed by atoms with Gasteiger partial charge < -0.3 is 5.32 Å². The normalized spacial score (nSPS) is 12.1. The summed E-state index contributed by atoms with van der Waals surface area (Å²) in [5.74, 6) is -0.504. The maximum Gasteiger partial charge on any atom is 0.269 e. The van der Waals surface area contributed by atoms with E-state index in [9.17, 15) is 23.3 Å². The second-order valence-corrected chi connectivity index (χ2v) is 9.16. The van der Waals surface area contributed by atoms with Gasteiger partial charge in [-0.2, -0.15) is 0 Å². The second-order valence-electron chi connectivity index (χ2n) is 7.30. The van der Waals surface area contributed by atoms with Gasteiger partial charge in [0.25, 0.3) is 15.7 Å². The molecule has 0 saturated carbocycles. The third-order valence-corrected chi connectivity index (χ3v) is 6.71. The summed E-state index contributed by atoms with van der Waals surface area (Å²) in [5.41, 5.74) is 1.95. The Bertz CT molecular complexity index is 1190. The average molecular weight is 454 g/mol. The molecule has 1 N–H and O–H groups in total. The molecule has 8 nitrogen and oxygen atoms in total. The van der Waals surface area contributed by atoms with E-state index in [1.807, 2.05) is 38.1 Å². The zero-order valence-electron chi connectivity index (χ0n) is 17.6. The minimum Gasteiger partial charge on any atom is -0.348 e. The molecule has 0 aromatic heterocycles. The van der Waals surface area contributed by atoms with Crippen LogP contribution < -0.4 is 9.62 Å². The number of nitro groups is 1. The van der Waals surface area contributed by atoms with Crippen LogP contribution >= 0.6 is 0 Å². The van der Waals surface area contributed by atoms with Crippen molar-refractivity contribution in [3.05, 3.63) is 100 Å². The number of sulfonamides is 1. The molecule has 0 radical (unpaired) electrons. The maximum absolute atomic E-state index is 13.3. The Balaban J connectivity index is 1.89. The molecule has 0 unspecified atom stereocenters. The number of carbonyl (C=O) groups is 1. The van der Waals surface area contributed by atoms with E-state index in [-0.39, 0.29) is 22.3 Å². The number of anilines is 1. The number of benzene rings is 3. The van der Waals surface area contributed by atoms with Gasteiger partial charge in [-0.3, -0.25) is 19.2 Å². The molecule has 0 spiro atoms. The average Bonchev–Trinajstić information content (AvgIpc) is 2.78. The molecule has 0 aliphatic heterocycles. The fourth-order valence-electron chi connectivity index (χ4n) is 3.13. The summed E-state index contributed by atoms with van der Waals surface area (Å²) in [7, 11) is -4.09. The highest BCUT2D eigenvalue weighted by molar-refractivity contribution is 7.92. The van der Waals surface area contributed by atoms with Crippen LogP contribution in [0.15, 0.2) is 83.8 Å². The monoisotopic (exact) mass is 453 g/mol. The van der Waals surface area contributed by atoms with Gasteiger partial charge in [0.05, 0.1) is 21.5 Å². The van der Waals surface area contributed by atoms with E-state index >= 15 is 0 Å². The molecule has 32 heavy (non-hydrogen) atoms. The molecule has 3 aromatic carbocycles. The Morgan fingerprint density at radius 3 is 2.16 bits per heavy atom. The molecule has 1 atom stereocenters. The van der Waals surface area contributed by atoms with Crippen molar-refractivity contribution >= 4 is 27.3 Å². The van der Waals surface area contributed by atoms with Crippen LogP contribution in [0.2, 0.25) is 0 Å². The lowest BCUT2D eigenvalue weighted by atomic mass is 10.1. The highest BCUT2D eigenvalue weighted by Gasteiger charge is 2.28. The van der Waals surface area contributed by atoms with Crippen LogP contribution in [0.4, 0.5) is 11.4 Å². The van der Waals surface area contributed by atoms with Crippen molar-refractivity contribution in [3.8, 4) is 0 Å². The van der Waals surface area contributed by atoms with Gasteiger partial charge in [-0.1, -0.05) is 48.0 Å². The number of hydrogen-bond donors (Lipinski definition) is 1. The lowest BCUT2D eigenvalue weighted by molar-refractivity contribution is -0.384. The lowest BCUT2D eigenvalue weighted by Crippen LogP contribution is -2.41. The minimum atomic E-state index is -4.09. The number of rotatable bonds is 8. The standard InChI is InChI=1S/C23H23N3O5S/c1-17-8-10-19(11-9-17)18(2)24-23(27)16-25(20-12-14-21(15-13-20)26(28)29)32(30,31)22-6-4-3-5-7-22/h3-15,18H,16H2,1-2H3,(H,24,27)/t18-/m1/s1. The molecule has 0 aliphatic carbocycles. The summed E-state index contributed by atoms with van der Waals surface area (Å²) < 4.78 is 27.5. The molecule has 3 rings (SSSR count). The Labute approximate surface area is 186 Å². The Morgan fingerprint density at radius 2 is 1.59 bits per heavy atom. The van der Waals surface area contributed by atoms with Crippen LogP contribution in [-0.2, 0) is 14.8 Å². The van der Waals surface area contributed by atoms with Gasteiger partial charge in [0.15, 0.2) is 0 Å². The molecule has 0 heterocycles. The highest BCUT2D eigenvalue weighted by Crippen LogP contribution is 2.26. The molecule has 9 heteroatoms. The molecular weight excluding hydrogens is 430 g/mol. The fourth-order valence-corrected chi connectivity index (χ4v) is 4.57. The molecule has 1 amide bonds. The summed E-state index contributed by atoms with van der Waals surface area (Å²) in [5, 5.41) is 13.8. The number of hydrogen-bond acceptors (Lipinski definition) is 5. The van der Waals surface area contributed by atoms with Crippen LogP contribution in [0, 0.1) is 17.0 Å². The molecule has 166 valence electrons. The number of nitrogens with zero attached hydrogens (tertiary/aromatic N) is 2. The number of amides is 1. The van der Waals surface area contributed by atoms with E-state index in [0.717, 1.165) is 15.4 Å². The van der Waals surface area contributed by atoms with E-state index < -0.39 is 27.4 Å². The highest BCUT2D eigenvalue weighted by atomic mass is 32.2. The summed E-state index contributed by atoms with van der Waals surface area (Å²) >= 11 is 0. The zero-order chi connectivity index (χ0) is 23.3. The Kier molecular flexibility index (Phi) is 6.89. The summed E-state index contributed by atoms with van der Waals surface area (Å²) in [6.45, 7) is 3.29. The molecule has 0 fully saturated rings. The predicted molar refractivity (Wildman–Crippen MR) is 122 cm³/mol. The predicted octanol–water partition coefficient (Wildman–Crippen LogP) is 3.98. The van der Waals surface area contributed by atoms with Crippen molar-refractivity contribution in [1.82, 2.24) is 5.32 Å². The zero-order valence-corrected chi connectivity index (χ0v) is 18.5. The number of carbonyl (C=O) groups excluding carboxylic acids is 1. The van der Waals surface area contributed by atoms with Gasteiger partial charge >= 0.3 is 0 Å². The molecule has 0 saturated heterocycles. The quantitative estimate of drug-likeness (QED) is 0.410. The largest absolute Gasteiger partial charge is 0.348 e. The van der Waals surface area contributed by atoms with Crippen molar-refractivity contribution in [2.75, 3.05) is 10.8 Å². The first-order valence-corrected chi connectivity index (χ1v) is 11.3. The van der Waals surface area contributed by atoms with Crippen LogP contribution in [-0.4, -0.2) is 25.8 Å². The van der Waals surface area contributed by atoms with Gasteiger partial charge in [0.1, 0.15) is 6.54 Å². The minimum absolute atomic E-state index is 0.0118. The van der Waals surface area contributed by atoms with Crippen LogP contribution in [0.25, 0.3) is 0 Å². The fraction of sp³-hybridized carbons (Fsp3) is 0.174. The second kappa shape index (κ2) is 9.61. The van der Waals surface area contributed by atoms with Gasteiger partial charge in [0.2, 0.25) is 5.91 Å². The van der Waals surface area contributed by atoms with Gasteiger partial charge in [-0.25, -0.2) is 8.42 Å². The topological polar surface area (TPSA) is 110 Å². The summed E-state index contributed by atoms with van der Waals surface area (Å²) in [4.78, 5) is 23.2. The lowest BCUT2D eigenvalue weighted by Gasteiger charge is -2.25. The SMILES string of the molecule is Cc1ccc([C@@H](C)NC(=O)CN(c2ccc([N+](=O)[O-])cc2)S(=O)(=O)c2ccccc2)cc1. The van der Waals surface area contributed by atoms with Crippen molar-refractivity contribution in [3.63, 3.8) is 0 Å². The van der Waals surface area contributed by atoms with E-state index in [1.165, 1.54) is 36.4 Å². The van der Waals surface area contributed by atoms with Crippen molar-refractivity contribution in [2.24, 2.45) is 0 Å². The smallest absolute Gasteiger partial charge is 0.269 e. The Hall–Kier alpha value is -3.72. The van der Waals surface area contributed by atoms with E-state index in [0.29, 0.717) is 0 Å². The summed E-state index contributed by atoms with van der Waals surface area (Å²) in [6.07, 6.45) is 0. The molecule has 0 aliphatic rings. The van der Waals surface area contributed by atoms with Crippen molar-refractivity contribution in [2.45, 2.75) is 24.8 Å². The van der Waals surface area contributed by atoms with E-state index in [1.54, 1.807) is 18.2 Å².